The lowest BCUT2D eigenvalue weighted by atomic mass is 9.84. The van der Waals surface area contributed by atoms with Gasteiger partial charge in [-0.25, -0.2) is 14.4 Å². The number of rotatable bonds is 5. The number of fused-ring (bicyclic) bond motifs is 1. The van der Waals surface area contributed by atoms with E-state index in [4.69, 9.17) is 4.43 Å². The Bertz CT molecular complexity index is 1300. The topological polar surface area (TPSA) is 63.2 Å². The summed E-state index contributed by atoms with van der Waals surface area (Å²) >= 11 is 0. The van der Waals surface area contributed by atoms with E-state index in [0.717, 1.165) is 17.0 Å². The van der Waals surface area contributed by atoms with E-state index in [-0.39, 0.29) is 11.5 Å². The molecule has 7 heteroatoms. The van der Waals surface area contributed by atoms with Gasteiger partial charge in [-0.3, -0.25) is 4.40 Å². The van der Waals surface area contributed by atoms with Crippen LogP contribution < -0.4 is 0 Å². The Morgan fingerprint density at radius 3 is 2.73 bits per heavy atom. The van der Waals surface area contributed by atoms with Crippen molar-refractivity contribution in [1.29, 1.82) is 5.26 Å². The Hall–Kier alpha value is -3.08. The molecule has 0 fully saturated rings. The molecule has 1 unspecified atom stereocenters. The number of halogens is 1. The van der Waals surface area contributed by atoms with Gasteiger partial charge >= 0.3 is 0 Å². The number of alkyl halides is 1. The maximum atomic E-state index is 15.1. The van der Waals surface area contributed by atoms with Gasteiger partial charge in [0.1, 0.15) is 6.07 Å². The summed E-state index contributed by atoms with van der Waals surface area (Å²) in [5, 5.41) is 9.54. The minimum atomic E-state index is -2.02. The summed E-state index contributed by atoms with van der Waals surface area (Å²) in [6.07, 6.45) is 8.91. The first-order valence-electron chi connectivity index (χ1n) is 11.1. The predicted molar refractivity (Wildman–Crippen MR) is 132 cm³/mol. The molecule has 5 nitrogen and oxygen atoms in total. The summed E-state index contributed by atoms with van der Waals surface area (Å²) in [5.41, 5.74) is 1.61. The molecule has 3 aromatic rings. The SMILES string of the molecule is CC(C)(C)[Si](C)(C)OCc1ccn2c(-c3cccc(C4=CC=CCC4(F)C#N)c3)cnc2n1. The average molecular weight is 461 g/mol. The first-order chi connectivity index (χ1) is 15.5. The molecular formula is C26H29FN4OSi. The Morgan fingerprint density at radius 1 is 1.24 bits per heavy atom. The molecule has 2 heterocycles. The molecule has 0 N–H and O–H groups in total. The van der Waals surface area contributed by atoms with Crippen molar-refractivity contribution in [2.75, 3.05) is 0 Å². The van der Waals surface area contributed by atoms with Crippen LogP contribution in [0.2, 0.25) is 18.1 Å². The smallest absolute Gasteiger partial charge is 0.234 e. The molecule has 0 spiro atoms. The second-order valence-corrected chi connectivity index (χ2v) is 14.8. The quantitative estimate of drug-likeness (QED) is 0.408. The van der Waals surface area contributed by atoms with Crippen molar-refractivity contribution in [1.82, 2.24) is 14.4 Å². The first kappa shape index (κ1) is 23.1. The molecule has 1 atom stereocenters. The summed E-state index contributed by atoms with van der Waals surface area (Å²) in [6, 6.07) is 11.3. The molecule has 0 radical (unpaired) electrons. The van der Waals surface area contributed by atoms with Crippen LogP contribution in [0.4, 0.5) is 4.39 Å². The lowest BCUT2D eigenvalue weighted by molar-refractivity contribution is 0.272. The predicted octanol–water partition coefficient (Wildman–Crippen LogP) is 6.49. The van der Waals surface area contributed by atoms with E-state index in [1.165, 1.54) is 0 Å². The zero-order chi connectivity index (χ0) is 23.9. The van der Waals surface area contributed by atoms with E-state index in [1.807, 2.05) is 47.0 Å². The van der Waals surface area contributed by atoms with E-state index in [0.29, 0.717) is 23.5 Å². The summed E-state index contributed by atoms with van der Waals surface area (Å²) in [7, 11) is -1.87. The van der Waals surface area contributed by atoms with E-state index < -0.39 is 14.0 Å². The fraction of sp³-hybridized carbons (Fsp3) is 0.346. The highest BCUT2D eigenvalue weighted by atomic mass is 28.4. The van der Waals surface area contributed by atoms with Crippen LogP contribution in [-0.4, -0.2) is 28.4 Å². The van der Waals surface area contributed by atoms with Gasteiger partial charge < -0.3 is 4.43 Å². The molecule has 170 valence electrons. The van der Waals surface area contributed by atoms with E-state index >= 15 is 4.39 Å². The standard InChI is InChI=1S/C26H29FN4OSi/c1-25(2,3)33(4,5)32-17-21-12-14-31-23(16-29-24(31)30-21)20-10-8-9-19(15-20)22-11-6-7-13-26(22,27)18-28/h6-12,14-16H,13,17H2,1-5H3. The largest absolute Gasteiger partial charge is 0.411 e. The molecule has 0 amide bonds. The van der Waals surface area contributed by atoms with Crippen molar-refractivity contribution in [3.8, 4) is 17.3 Å². The second-order valence-electron chi connectivity index (χ2n) is 9.99. The van der Waals surface area contributed by atoms with Crippen LogP contribution in [0.15, 0.2) is 61.0 Å². The zero-order valence-corrected chi connectivity index (χ0v) is 20.8. The van der Waals surface area contributed by atoms with Crippen molar-refractivity contribution in [3.05, 3.63) is 72.2 Å². The number of nitriles is 1. The van der Waals surface area contributed by atoms with Crippen LogP contribution in [0.3, 0.4) is 0 Å². The van der Waals surface area contributed by atoms with Gasteiger partial charge in [0, 0.05) is 23.8 Å². The highest BCUT2D eigenvalue weighted by Gasteiger charge is 2.37. The molecule has 0 saturated heterocycles. The van der Waals surface area contributed by atoms with Crippen molar-refractivity contribution < 1.29 is 8.82 Å². The third kappa shape index (κ3) is 4.41. The zero-order valence-electron chi connectivity index (χ0n) is 19.8. The molecule has 4 rings (SSSR count). The van der Waals surface area contributed by atoms with Gasteiger partial charge in [-0.15, -0.1) is 0 Å². The Kier molecular flexibility index (Phi) is 5.85. The second kappa shape index (κ2) is 8.36. The summed E-state index contributed by atoms with van der Waals surface area (Å²) < 4.78 is 23.3. The first-order valence-corrected chi connectivity index (χ1v) is 14.0. The lowest BCUT2D eigenvalue weighted by Crippen LogP contribution is -2.40. The molecule has 0 bridgehead atoms. The number of hydrogen-bond acceptors (Lipinski definition) is 4. The maximum absolute atomic E-state index is 15.1. The van der Waals surface area contributed by atoms with Crippen molar-refractivity contribution in [2.45, 2.75) is 57.6 Å². The minimum absolute atomic E-state index is 0.0544. The third-order valence-electron chi connectivity index (χ3n) is 6.70. The van der Waals surface area contributed by atoms with Crippen LogP contribution in [0.1, 0.15) is 38.4 Å². The van der Waals surface area contributed by atoms with E-state index in [1.54, 1.807) is 24.4 Å². The fourth-order valence-electron chi connectivity index (χ4n) is 3.59. The normalized spacial score (nSPS) is 18.9. The maximum Gasteiger partial charge on any atom is 0.234 e. The molecule has 1 aliphatic carbocycles. The Morgan fingerprint density at radius 2 is 2.00 bits per heavy atom. The van der Waals surface area contributed by atoms with Gasteiger partial charge in [-0.1, -0.05) is 57.2 Å². The van der Waals surface area contributed by atoms with Crippen LogP contribution in [0.5, 0.6) is 0 Å². The molecule has 1 aliphatic rings. The van der Waals surface area contributed by atoms with Crippen LogP contribution >= 0.6 is 0 Å². The lowest BCUT2D eigenvalue weighted by Gasteiger charge is -2.36. The van der Waals surface area contributed by atoms with Crippen LogP contribution in [0.25, 0.3) is 22.6 Å². The van der Waals surface area contributed by atoms with Crippen LogP contribution in [-0.2, 0) is 11.0 Å². The van der Waals surface area contributed by atoms with E-state index in [9.17, 15) is 5.26 Å². The molecule has 0 aliphatic heterocycles. The summed E-state index contributed by atoms with van der Waals surface area (Å²) in [5.74, 6) is 0.586. The van der Waals surface area contributed by atoms with Gasteiger partial charge in [0.05, 0.1) is 24.2 Å². The summed E-state index contributed by atoms with van der Waals surface area (Å²) in [6.45, 7) is 11.6. The number of allylic oxidation sites excluding steroid dienone is 4. The number of imidazole rings is 1. The molecule has 0 saturated carbocycles. The fourth-order valence-corrected chi connectivity index (χ4v) is 4.53. The van der Waals surface area contributed by atoms with Crippen molar-refractivity contribution in [3.63, 3.8) is 0 Å². The third-order valence-corrected chi connectivity index (χ3v) is 11.2. The summed E-state index contributed by atoms with van der Waals surface area (Å²) in [4.78, 5) is 9.17. The molecule has 33 heavy (non-hydrogen) atoms. The number of aromatic nitrogens is 3. The number of benzene rings is 1. The van der Waals surface area contributed by atoms with Crippen molar-refractivity contribution >= 4 is 19.7 Å². The van der Waals surface area contributed by atoms with Gasteiger partial charge in [-0.2, -0.15) is 5.26 Å². The van der Waals surface area contributed by atoms with Gasteiger partial charge in [0.2, 0.25) is 11.4 Å². The van der Waals surface area contributed by atoms with Crippen molar-refractivity contribution in [2.24, 2.45) is 0 Å². The van der Waals surface area contributed by atoms with E-state index in [2.05, 4.69) is 43.8 Å². The molecule has 1 aromatic carbocycles. The van der Waals surface area contributed by atoms with Gasteiger partial charge in [-0.05, 0) is 35.8 Å². The highest BCUT2D eigenvalue weighted by molar-refractivity contribution is 6.74. The molecular weight excluding hydrogens is 431 g/mol. The van der Waals surface area contributed by atoms with Crippen LogP contribution in [0, 0.1) is 11.3 Å². The number of nitrogens with zero attached hydrogens (tertiary/aromatic N) is 4. The Labute approximate surface area is 195 Å². The highest BCUT2D eigenvalue weighted by Crippen LogP contribution is 2.38. The Balaban J connectivity index is 1.63. The van der Waals surface area contributed by atoms with Gasteiger partial charge in [0.25, 0.3) is 0 Å². The monoisotopic (exact) mass is 460 g/mol. The number of hydrogen-bond donors (Lipinski definition) is 0. The average Bonchev–Trinajstić information content (AvgIpc) is 3.21. The molecule has 2 aromatic heterocycles. The van der Waals surface area contributed by atoms with Gasteiger partial charge in [0.15, 0.2) is 8.32 Å². The minimum Gasteiger partial charge on any atom is -0.411 e.